The van der Waals surface area contributed by atoms with E-state index in [4.69, 9.17) is 14.2 Å². The Labute approximate surface area is 188 Å². The predicted octanol–water partition coefficient (Wildman–Crippen LogP) is 4.98. The average molecular weight is 459 g/mol. The summed E-state index contributed by atoms with van der Waals surface area (Å²) in [5.74, 6) is 0.324. The second-order valence-electron chi connectivity index (χ2n) is 6.16. The lowest BCUT2D eigenvalue weighted by atomic mass is 10.1. The third-order valence-electron chi connectivity index (χ3n) is 4.32. The molecule has 2 aromatic heterocycles. The largest absolute Gasteiger partial charge is 0.493 e. The lowest BCUT2D eigenvalue weighted by molar-refractivity contribution is 0.0533. The number of carbonyl (C=O) groups excluding carboxylic acids is 2. The van der Waals surface area contributed by atoms with Gasteiger partial charge < -0.3 is 19.5 Å². The highest BCUT2D eigenvalue weighted by Gasteiger charge is 2.22. The molecule has 31 heavy (non-hydrogen) atoms. The van der Waals surface area contributed by atoms with Crippen LogP contribution in [0.15, 0.2) is 47.6 Å². The maximum absolute atomic E-state index is 12.9. The minimum atomic E-state index is -0.495. The van der Waals surface area contributed by atoms with Gasteiger partial charge in [0.25, 0.3) is 5.91 Å². The Morgan fingerprint density at radius 3 is 2.58 bits per heavy atom. The van der Waals surface area contributed by atoms with Gasteiger partial charge in [0.05, 0.1) is 32.1 Å². The molecule has 1 N–H and O–H groups in total. The van der Waals surface area contributed by atoms with Crippen LogP contribution in [0.2, 0.25) is 0 Å². The van der Waals surface area contributed by atoms with Crippen molar-refractivity contribution in [2.24, 2.45) is 0 Å². The number of nitrogens with one attached hydrogen (secondary N) is 1. The monoisotopic (exact) mass is 458 g/mol. The SMILES string of the molecule is CCOC(=O)c1sc(-c2ccc(OC)c(OC)c2)cc1NC(=O)c1cccnc1SC. The topological polar surface area (TPSA) is 86.8 Å². The third-order valence-corrected chi connectivity index (χ3v) is 6.19. The molecule has 1 amide bonds. The van der Waals surface area contributed by atoms with Gasteiger partial charge in [0.2, 0.25) is 0 Å². The first kappa shape index (κ1) is 22.6. The van der Waals surface area contributed by atoms with Crippen molar-refractivity contribution >= 4 is 40.7 Å². The average Bonchev–Trinajstić information content (AvgIpc) is 3.22. The van der Waals surface area contributed by atoms with Crippen LogP contribution in [0.3, 0.4) is 0 Å². The number of rotatable bonds is 8. The fourth-order valence-electron chi connectivity index (χ4n) is 2.88. The molecule has 0 fully saturated rings. The molecule has 2 heterocycles. The van der Waals surface area contributed by atoms with E-state index in [1.54, 1.807) is 51.6 Å². The van der Waals surface area contributed by atoms with Crippen LogP contribution in [0.1, 0.15) is 27.0 Å². The molecule has 0 bridgehead atoms. The maximum Gasteiger partial charge on any atom is 0.350 e. The first-order valence-electron chi connectivity index (χ1n) is 9.36. The summed E-state index contributed by atoms with van der Waals surface area (Å²) >= 11 is 2.61. The zero-order valence-corrected chi connectivity index (χ0v) is 19.2. The Kier molecular flexibility index (Phi) is 7.54. The molecule has 0 aliphatic rings. The minimum Gasteiger partial charge on any atom is -0.493 e. The van der Waals surface area contributed by atoms with Gasteiger partial charge in [-0.2, -0.15) is 0 Å². The van der Waals surface area contributed by atoms with Gasteiger partial charge in [0.1, 0.15) is 9.90 Å². The van der Waals surface area contributed by atoms with E-state index < -0.39 is 5.97 Å². The van der Waals surface area contributed by atoms with E-state index in [-0.39, 0.29) is 12.5 Å². The van der Waals surface area contributed by atoms with Gasteiger partial charge in [-0.3, -0.25) is 4.79 Å². The number of methoxy groups -OCH3 is 2. The number of benzene rings is 1. The molecule has 9 heteroatoms. The fourth-order valence-corrected chi connectivity index (χ4v) is 4.43. The smallest absolute Gasteiger partial charge is 0.350 e. The number of ether oxygens (including phenoxy) is 3. The molecule has 162 valence electrons. The summed E-state index contributed by atoms with van der Waals surface area (Å²) < 4.78 is 15.9. The standard InChI is InChI=1S/C22H22N2O5S2/c1-5-29-22(26)19-15(24-20(25)14-7-6-10-23-21(14)30-4)12-18(31-19)13-8-9-16(27-2)17(11-13)28-3/h6-12H,5H2,1-4H3,(H,24,25). The molecule has 0 unspecified atom stereocenters. The minimum absolute atomic E-state index is 0.231. The quantitative estimate of drug-likeness (QED) is 0.376. The van der Waals surface area contributed by atoms with Crippen molar-refractivity contribution in [3.8, 4) is 21.9 Å². The molecular formula is C22H22N2O5S2. The molecular weight excluding hydrogens is 436 g/mol. The molecule has 0 atom stereocenters. The molecule has 0 aliphatic carbocycles. The van der Waals surface area contributed by atoms with Crippen LogP contribution < -0.4 is 14.8 Å². The van der Waals surface area contributed by atoms with Crippen LogP contribution in [0.4, 0.5) is 5.69 Å². The molecule has 7 nitrogen and oxygen atoms in total. The van der Waals surface area contributed by atoms with Crippen LogP contribution in [0.25, 0.3) is 10.4 Å². The maximum atomic E-state index is 12.9. The summed E-state index contributed by atoms with van der Waals surface area (Å²) in [6, 6.07) is 10.6. The number of thioether (sulfide) groups is 1. The van der Waals surface area contributed by atoms with Crippen molar-refractivity contribution in [2.45, 2.75) is 11.9 Å². The summed E-state index contributed by atoms with van der Waals surface area (Å²) in [6.07, 6.45) is 3.48. The van der Waals surface area contributed by atoms with Crippen molar-refractivity contribution in [2.75, 3.05) is 32.4 Å². The number of aromatic nitrogens is 1. The number of hydrogen-bond acceptors (Lipinski definition) is 8. The van der Waals surface area contributed by atoms with Gasteiger partial charge >= 0.3 is 5.97 Å². The molecule has 3 aromatic rings. The molecule has 3 rings (SSSR count). The zero-order valence-electron chi connectivity index (χ0n) is 17.6. The van der Waals surface area contributed by atoms with Gasteiger partial charge in [-0.25, -0.2) is 9.78 Å². The van der Waals surface area contributed by atoms with E-state index >= 15 is 0 Å². The lowest BCUT2D eigenvalue weighted by Gasteiger charge is -2.08. The van der Waals surface area contributed by atoms with Crippen molar-refractivity contribution < 1.29 is 23.8 Å². The van der Waals surface area contributed by atoms with Gasteiger partial charge in [-0.1, -0.05) is 0 Å². The Bertz CT molecular complexity index is 1100. The summed E-state index contributed by atoms with van der Waals surface area (Å²) in [5, 5.41) is 3.45. The lowest BCUT2D eigenvalue weighted by Crippen LogP contribution is -2.15. The summed E-state index contributed by atoms with van der Waals surface area (Å²) in [4.78, 5) is 30.8. The molecule has 0 saturated carbocycles. The number of nitrogens with zero attached hydrogens (tertiary/aromatic N) is 1. The van der Waals surface area contributed by atoms with Gasteiger partial charge in [-0.05, 0) is 55.1 Å². The molecule has 1 aromatic carbocycles. The molecule has 0 saturated heterocycles. The molecule has 0 aliphatic heterocycles. The summed E-state index contributed by atoms with van der Waals surface area (Å²) in [7, 11) is 3.12. The number of amides is 1. The predicted molar refractivity (Wildman–Crippen MR) is 123 cm³/mol. The molecule has 0 spiro atoms. The van der Waals surface area contributed by atoms with Gasteiger partial charge in [0.15, 0.2) is 11.5 Å². The van der Waals surface area contributed by atoms with E-state index in [0.29, 0.717) is 32.7 Å². The van der Waals surface area contributed by atoms with E-state index in [1.165, 1.54) is 23.1 Å². The Hall–Kier alpha value is -3.04. The normalized spacial score (nSPS) is 10.5. The number of thiophene rings is 1. The second kappa shape index (κ2) is 10.3. The number of hydrogen-bond donors (Lipinski definition) is 1. The fraction of sp³-hybridized carbons (Fsp3) is 0.227. The van der Waals surface area contributed by atoms with Crippen molar-refractivity contribution in [1.82, 2.24) is 4.98 Å². The van der Waals surface area contributed by atoms with E-state index in [2.05, 4.69) is 10.3 Å². The number of carbonyl (C=O) groups is 2. The highest BCUT2D eigenvalue weighted by Crippen LogP contribution is 2.39. The highest BCUT2D eigenvalue weighted by atomic mass is 32.2. The molecule has 0 radical (unpaired) electrons. The third kappa shape index (κ3) is 5.00. The number of esters is 1. The summed E-state index contributed by atoms with van der Waals surface area (Å²) in [5.41, 5.74) is 1.64. The van der Waals surface area contributed by atoms with Crippen molar-refractivity contribution in [3.05, 3.63) is 53.0 Å². The van der Waals surface area contributed by atoms with E-state index in [9.17, 15) is 9.59 Å². The van der Waals surface area contributed by atoms with Gasteiger partial charge in [0, 0.05) is 11.1 Å². The van der Waals surface area contributed by atoms with E-state index in [1.807, 2.05) is 18.4 Å². The first-order valence-corrected chi connectivity index (χ1v) is 11.4. The van der Waals surface area contributed by atoms with Crippen molar-refractivity contribution in [3.63, 3.8) is 0 Å². The van der Waals surface area contributed by atoms with Crippen LogP contribution in [0.5, 0.6) is 11.5 Å². The Morgan fingerprint density at radius 2 is 1.90 bits per heavy atom. The Balaban J connectivity index is 2.00. The van der Waals surface area contributed by atoms with Crippen LogP contribution >= 0.6 is 23.1 Å². The van der Waals surface area contributed by atoms with Gasteiger partial charge in [-0.15, -0.1) is 23.1 Å². The van der Waals surface area contributed by atoms with Crippen LogP contribution in [0, 0.1) is 0 Å². The number of anilines is 1. The second-order valence-corrected chi connectivity index (χ2v) is 8.01. The summed E-state index contributed by atoms with van der Waals surface area (Å²) in [6.45, 7) is 1.97. The van der Waals surface area contributed by atoms with Crippen LogP contribution in [-0.2, 0) is 4.74 Å². The van der Waals surface area contributed by atoms with Crippen LogP contribution in [-0.4, -0.2) is 43.9 Å². The first-order chi connectivity index (χ1) is 15.0. The zero-order chi connectivity index (χ0) is 22.4. The number of pyridine rings is 1. The van der Waals surface area contributed by atoms with Crippen molar-refractivity contribution in [1.29, 1.82) is 0 Å². The highest BCUT2D eigenvalue weighted by molar-refractivity contribution is 7.98. The Morgan fingerprint density at radius 1 is 1.13 bits per heavy atom. The van der Waals surface area contributed by atoms with E-state index in [0.717, 1.165) is 10.4 Å².